The van der Waals surface area contributed by atoms with E-state index < -0.39 is 15.6 Å². The fraction of sp³-hybridized carbons (Fsp3) is 0.462. The molecule has 110 valence electrons. The molecule has 0 aliphatic heterocycles. The van der Waals surface area contributed by atoms with Gasteiger partial charge in [-0.25, -0.2) is 8.42 Å². The van der Waals surface area contributed by atoms with Gasteiger partial charge >= 0.3 is 0 Å². The molecule has 1 aliphatic rings. The molecular weight excluding hydrogens is 344 g/mol. The van der Waals surface area contributed by atoms with E-state index in [1.54, 1.807) is 11.0 Å². The highest BCUT2D eigenvalue weighted by Gasteiger charge is 2.33. The summed E-state index contributed by atoms with van der Waals surface area (Å²) in [5.41, 5.74) is 5.88. The molecule has 0 atom stereocenters. The maximum absolute atomic E-state index is 12.3. The SMILES string of the molecule is CCN(C(=O)CS(=O)(=O)c1ccc(Br)cc1N)C1CC1. The Morgan fingerprint density at radius 2 is 2.10 bits per heavy atom. The molecule has 7 heteroatoms. The third-order valence-electron chi connectivity index (χ3n) is 3.27. The van der Waals surface area contributed by atoms with Crippen molar-refractivity contribution in [3.63, 3.8) is 0 Å². The number of amides is 1. The van der Waals surface area contributed by atoms with Crippen LogP contribution in [0, 0.1) is 0 Å². The number of sulfone groups is 1. The summed E-state index contributed by atoms with van der Waals surface area (Å²) in [5.74, 6) is -0.874. The zero-order valence-corrected chi connectivity index (χ0v) is 13.6. The van der Waals surface area contributed by atoms with Gasteiger partial charge in [0.1, 0.15) is 5.75 Å². The first kappa shape index (κ1) is 15.3. The highest BCUT2D eigenvalue weighted by Crippen LogP contribution is 2.28. The van der Waals surface area contributed by atoms with Crippen LogP contribution < -0.4 is 5.73 Å². The minimum atomic E-state index is -3.70. The van der Waals surface area contributed by atoms with E-state index in [0.717, 1.165) is 12.8 Å². The Labute approximate surface area is 127 Å². The lowest BCUT2D eigenvalue weighted by atomic mass is 10.3. The predicted molar refractivity (Wildman–Crippen MR) is 81.0 cm³/mol. The van der Waals surface area contributed by atoms with Crippen LogP contribution in [0.1, 0.15) is 19.8 Å². The summed E-state index contributed by atoms with van der Waals surface area (Å²) in [7, 11) is -3.70. The molecule has 0 bridgehead atoms. The second kappa shape index (κ2) is 5.73. The van der Waals surface area contributed by atoms with Gasteiger partial charge in [-0.15, -0.1) is 0 Å². The molecule has 0 unspecified atom stereocenters. The second-order valence-corrected chi connectivity index (χ2v) is 7.73. The molecular formula is C13H17BrN2O3S. The Morgan fingerprint density at radius 3 is 2.60 bits per heavy atom. The van der Waals surface area contributed by atoms with Crippen LogP contribution in [-0.2, 0) is 14.6 Å². The van der Waals surface area contributed by atoms with Gasteiger partial charge in [-0.1, -0.05) is 15.9 Å². The fourth-order valence-electron chi connectivity index (χ4n) is 2.15. The maximum atomic E-state index is 12.3. The first-order valence-electron chi connectivity index (χ1n) is 6.42. The maximum Gasteiger partial charge on any atom is 0.238 e. The van der Waals surface area contributed by atoms with Crippen molar-refractivity contribution in [2.24, 2.45) is 0 Å². The first-order valence-corrected chi connectivity index (χ1v) is 8.87. The Morgan fingerprint density at radius 1 is 1.45 bits per heavy atom. The van der Waals surface area contributed by atoms with E-state index in [-0.39, 0.29) is 22.5 Å². The van der Waals surface area contributed by atoms with Crippen molar-refractivity contribution < 1.29 is 13.2 Å². The van der Waals surface area contributed by atoms with E-state index in [0.29, 0.717) is 11.0 Å². The van der Waals surface area contributed by atoms with Gasteiger partial charge in [0.15, 0.2) is 9.84 Å². The van der Waals surface area contributed by atoms with Gasteiger partial charge in [0.05, 0.1) is 10.6 Å². The Bertz CT molecular complexity index is 627. The number of hydrogen-bond acceptors (Lipinski definition) is 4. The summed E-state index contributed by atoms with van der Waals surface area (Å²) in [4.78, 5) is 13.8. The second-order valence-electron chi connectivity index (χ2n) is 4.85. The molecule has 0 aromatic heterocycles. The molecule has 5 nitrogen and oxygen atoms in total. The average molecular weight is 361 g/mol. The molecule has 1 amide bonds. The molecule has 1 aromatic carbocycles. The molecule has 0 saturated heterocycles. The van der Waals surface area contributed by atoms with Crippen molar-refractivity contribution in [1.29, 1.82) is 0 Å². The van der Waals surface area contributed by atoms with E-state index in [2.05, 4.69) is 15.9 Å². The molecule has 0 heterocycles. The van der Waals surface area contributed by atoms with Gasteiger partial charge in [0.25, 0.3) is 0 Å². The van der Waals surface area contributed by atoms with Gasteiger partial charge in [0.2, 0.25) is 5.91 Å². The molecule has 1 saturated carbocycles. The number of nitrogen functional groups attached to an aromatic ring is 1. The minimum Gasteiger partial charge on any atom is -0.398 e. The van der Waals surface area contributed by atoms with Crippen molar-refractivity contribution in [3.8, 4) is 0 Å². The molecule has 0 radical (unpaired) electrons. The van der Waals surface area contributed by atoms with Crippen molar-refractivity contribution in [2.75, 3.05) is 18.0 Å². The number of benzene rings is 1. The van der Waals surface area contributed by atoms with Gasteiger partial charge in [0, 0.05) is 17.1 Å². The molecule has 1 aliphatic carbocycles. The molecule has 1 aromatic rings. The Hall–Kier alpha value is -1.08. The topological polar surface area (TPSA) is 80.5 Å². The van der Waals surface area contributed by atoms with Gasteiger partial charge in [-0.3, -0.25) is 4.79 Å². The van der Waals surface area contributed by atoms with Crippen LogP contribution in [0.5, 0.6) is 0 Å². The van der Waals surface area contributed by atoms with Gasteiger partial charge < -0.3 is 10.6 Å². The largest absolute Gasteiger partial charge is 0.398 e. The number of carbonyl (C=O) groups excluding carboxylic acids is 1. The van der Waals surface area contributed by atoms with Crippen molar-refractivity contribution >= 4 is 37.4 Å². The van der Waals surface area contributed by atoms with Crippen LogP contribution >= 0.6 is 15.9 Å². The van der Waals surface area contributed by atoms with E-state index in [1.807, 2.05) is 6.92 Å². The van der Waals surface area contributed by atoms with Gasteiger partial charge in [-0.05, 0) is 38.0 Å². The van der Waals surface area contributed by atoms with E-state index in [9.17, 15) is 13.2 Å². The Kier molecular flexibility index (Phi) is 4.39. The van der Waals surface area contributed by atoms with Crippen LogP contribution in [0.2, 0.25) is 0 Å². The summed E-state index contributed by atoms with van der Waals surface area (Å²) in [5, 5.41) is 0. The van der Waals surface area contributed by atoms with Crippen LogP contribution in [0.15, 0.2) is 27.6 Å². The highest BCUT2D eigenvalue weighted by atomic mass is 79.9. The third kappa shape index (κ3) is 3.32. The molecule has 2 N–H and O–H groups in total. The van der Waals surface area contributed by atoms with Crippen LogP contribution in [0.3, 0.4) is 0 Å². The van der Waals surface area contributed by atoms with Crippen LogP contribution in [0.4, 0.5) is 5.69 Å². The first-order chi connectivity index (χ1) is 9.35. The molecule has 20 heavy (non-hydrogen) atoms. The van der Waals surface area contributed by atoms with E-state index in [1.165, 1.54) is 12.1 Å². The zero-order valence-electron chi connectivity index (χ0n) is 11.2. The van der Waals surface area contributed by atoms with E-state index in [4.69, 9.17) is 5.73 Å². The number of hydrogen-bond donors (Lipinski definition) is 1. The number of nitrogens with two attached hydrogens (primary N) is 1. The number of carbonyl (C=O) groups is 1. The summed E-state index contributed by atoms with van der Waals surface area (Å²) in [6.45, 7) is 2.39. The molecule has 0 spiro atoms. The molecule has 1 fully saturated rings. The number of rotatable bonds is 5. The monoisotopic (exact) mass is 360 g/mol. The highest BCUT2D eigenvalue weighted by molar-refractivity contribution is 9.10. The smallest absolute Gasteiger partial charge is 0.238 e. The third-order valence-corrected chi connectivity index (χ3v) is 5.43. The summed E-state index contributed by atoms with van der Waals surface area (Å²) < 4.78 is 25.3. The number of nitrogens with zero attached hydrogens (tertiary/aromatic N) is 1. The van der Waals surface area contributed by atoms with Crippen LogP contribution in [-0.4, -0.2) is 37.6 Å². The fourth-order valence-corrected chi connectivity index (χ4v) is 3.87. The average Bonchev–Trinajstić information content (AvgIpc) is 3.12. The zero-order chi connectivity index (χ0) is 14.9. The Balaban J connectivity index is 2.20. The lowest BCUT2D eigenvalue weighted by Gasteiger charge is -2.20. The lowest BCUT2D eigenvalue weighted by Crippen LogP contribution is -2.37. The summed E-state index contributed by atoms with van der Waals surface area (Å²) in [6, 6.07) is 4.77. The van der Waals surface area contributed by atoms with Crippen molar-refractivity contribution in [3.05, 3.63) is 22.7 Å². The molecule has 2 rings (SSSR count). The summed E-state index contributed by atoms with van der Waals surface area (Å²) >= 11 is 3.23. The quantitative estimate of drug-likeness (QED) is 0.812. The number of halogens is 1. The predicted octanol–water partition coefficient (Wildman–Crippen LogP) is 1.82. The normalized spacial score (nSPS) is 15.1. The van der Waals surface area contributed by atoms with Crippen molar-refractivity contribution in [2.45, 2.75) is 30.7 Å². The minimum absolute atomic E-state index is 0.0147. The van der Waals surface area contributed by atoms with Crippen LogP contribution in [0.25, 0.3) is 0 Å². The number of anilines is 1. The van der Waals surface area contributed by atoms with Crippen molar-refractivity contribution in [1.82, 2.24) is 4.90 Å². The standard InChI is InChI=1S/C13H17BrN2O3S/c1-2-16(10-4-5-10)13(17)8-20(18,19)12-6-3-9(14)7-11(12)15/h3,6-7,10H,2,4-5,8,15H2,1H3. The lowest BCUT2D eigenvalue weighted by molar-refractivity contribution is -0.128. The summed E-state index contributed by atoms with van der Waals surface area (Å²) in [6.07, 6.45) is 1.92. The van der Waals surface area contributed by atoms with Gasteiger partial charge in [-0.2, -0.15) is 0 Å². The van der Waals surface area contributed by atoms with E-state index >= 15 is 0 Å².